The molecule has 100 valence electrons. The van der Waals surface area contributed by atoms with Crippen LogP contribution in [0.4, 0.5) is 5.69 Å². The molecule has 1 atom stereocenters. The molecule has 0 aliphatic heterocycles. The van der Waals surface area contributed by atoms with Crippen LogP contribution in [0.25, 0.3) is 10.8 Å². The highest BCUT2D eigenvalue weighted by atomic mass is 16.2. The van der Waals surface area contributed by atoms with Crippen molar-refractivity contribution >= 4 is 22.4 Å². The molecule has 0 aliphatic rings. The molecule has 3 nitrogen and oxygen atoms in total. The minimum absolute atomic E-state index is 0.0473. The zero-order valence-corrected chi connectivity index (χ0v) is 11.5. The maximum absolute atomic E-state index is 12.3. The fourth-order valence-electron chi connectivity index (χ4n) is 2.32. The summed E-state index contributed by atoms with van der Waals surface area (Å²) in [6.07, 6.45) is 0.716. The van der Waals surface area contributed by atoms with Crippen LogP contribution in [-0.2, 0) is 4.79 Å². The van der Waals surface area contributed by atoms with Gasteiger partial charge in [-0.1, -0.05) is 43.3 Å². The Morgan fingerprint density at radius 1 is 1.21 bits per heavy atom. The van der Waals surface area contributed by atoms with E-state index in [4.69, 9.17) is 5.73 Å². The van der Waals surface area contributed by atoms with Gasteiger partial charge >= 0.3 is 0 Å². The van der Waals surface area contributed by atoms with Gasteiger partial charge in [0.2, 0.25) is 5.91 Å². The predicted molar refractivity (Wildman–Crippen MR) is 80.2 cm³/mol. The summed E-state index contributed by atoms with van der Waals surface area (Å²) >= 11 is 0. The van der Waals surface area contributed by atoms with Gasteiger partial charge in [-0.2, -0.15) is 0 Å². The van der Waals surface area contributed by atoms with Gasteiger partial charge in [-0.3, -0.25) is 4.79 Å². The van der Waals surface area contributed by atoms with E-state index < -0.39 is 0 Å². The van der Waals surface area contributed by atoms with Crippen molar-refractivity contribution in [3.8, 4) is 0 Å². The highest BCUT2D eigenvalue weighted by molar-refractivity contribution is 6.03. The van der Waals surface area contributed by atoms with Gasteiger partial charge in [-0.05, 0) is 24.4 Å². The lowest BCUT2D eigenvalue weighted by Gasteiger charge is -2.22. The number of nitrogens with zero attached hydrogens (tertiary/aromatic N) is 1. The zero-order valence-electron chi connectivity index (χ0n) is 11.5. The number of hydrogen-bond donors (Lipinski definition) is 1. The fourth-order valence-corrected chi connectivity index (χ4v) is 2.32. The van der Waals surface area contributed by atoms with Gasteiger partial charge in [-0.15, -0.1) is 0 Å². The molecule has 0 saturated heterocycles. The number of carbonyl (C=O) groups excluding carboxylic acids is 1. The van der Waals surface area contributed by atoms with Crippen LogP contribution in [0.15, 0.2) is 42.5 Å². The number of rotatable bonds is 4. The predicted octanol–water partition coefficient (Wildman–Crippen LogP) is 2.79. The van der Waals surface area contributed by atoms with Gasteiger partial charge in [-0.25, -0.2) is 0 Å². The van der Waals surface area contributed by atoms with Crippen LogP contribution in [0, 0.1) is 5.92 Å². The number of carbonyl (C=O) groups is 1. The lowest BCUT2D eigenvalue weighted by molar-refractivity contribution is -0.121. The Morgan fingerprint density at radius 3 is 2.63 bits per heavy atom. The van der Waals surface area contributed by atoms with E-state index in [1.165, 1.54) is 0 Å². The molecule has 0 radical (unpaired) electrons. The van der Waals surface area contributed by atoms with Crippen molar-refractivity contribution in [3.63, 3.8) is 0 Å². The van der Waals surface area contributed by atoms with E-state index in [9.17, 15) is 4.79 Å². The molecule has 0 saturated carbocycles. The molecule has 0 spiro atoms. The first kappa shape index (κ1) is 13.6. The first-order valence-electron chi connectivity index (χ1n) is 6.60. The molecule has 1 amide bonds. The van der Waals surface area contributed by atoms with Crippen molar-refractivity contribution in [3.05, 3.63) is 42.5 Å². The average molecular weight is 256 g/mol. The zero-order chi connectivity index (χ0) is 13.8. The van der Waals surface area contributed by atoms with Gasteiger partial charge in [0.25, 0.3) is 0 Å². The number of anilines is 1. The van der Waals surface area contributed by atoms with E-state index in [2.05, 4.69) is 12.1 Å². The highest BCUT2D eigenvalue weighted by Gasteiger charge is 2.19. The van der Waals surface area contributed by atoms with Crippen LogP contribution >= 0.6 is 0 Å². The summed E-state index contributed by atoms with van der Waals surface area (Å²) in [5.74, 6) is 0.0655. The van der Waals surface area contributed by atoms with Crippen LogP contribution in [-0.4, -0.2) is 19.5 Å². The third-order valence-corrected chi connectivity index (χ3v) is 3.48. The van der Waals surface area contributed by atoms with Gasteiger partial charge in [0.1, 0.15) is 0 Å². The summed E-state index contributed by atoms with van der Waals surface area (Å²) in [5.41, 5.74) is 6.48. The number of amides is 1. The van der Waals surface area contributed by atoms with Gasteiger partial charge in [0, 0.05) is 18.4 Å². The first-order chi connectivity index (χ1) is 9.15. The van der Waals surface area contributed by atoms with Crippen molar-refractivity contribution in [1.29, 1.82) is 0 Å². The number of nitrogens with two attached hydrogens (primary N) is 1. The first-order valence-corrected chi connectivity index (χ1v) is 6.60. The van der Waals surface area contributed by atoms with Crippen LogP contribution < -0.4 is 10.6 Å². The Kier molecular flexibility index (Phi) is 4.17. The summed E-state index contributed by atoms with van der Waals surface area (Å²) in [5, 5.41) is 2.24. The number of benzene rings is 2. The molecular weight excluding hydrogens is 236 g/mol. The molecular formula is C16H20N2O. The van der Waals surface area contributed by atoms with Gasteiger partial charge in [0.15, 0.2) is 0 Å². The molecule has 2 aromatic rings. The molecule has 1 unspecified atom stereocenters. The third-order valence-electron chi connectivity index (χ3n) is 3.48. The molecule has 2 N–H and O–H groups in total. The van der Waals surface area contributed by atoms with E-state index in [1.54, 1.807) is 4.90 Å². The number of hydrogen-bond acceptors (Lipinski definition) is 2. The Morgan fingerprint density at radius 2 is 1.89 bits per heavy atom. The molecule has 0 bridgehead atoms. The molecule has 2 rings (SSSR count). The quantitative estimate of drug-likeness (QED) is 0.914. The van der Waals surface area contributed by atoms with Crippen molar-refractivity contribution in [1.82, 2.24) is 0 Å². The standard InChI is InChI=1S/C16H20N2O/c1-12(10-11-17)16(19)18(2)15-9-5-7-13-6-3-4-8-14(13)15/h3-9,12H,10-11,17H2,1-2H3. The summed E-state index contributed by atoms with van der Waals surface area (Å²) < 4.78 is 0. The Balaban J connectivity index is 2.36. The Bertz CT molecular complexity index is 574. The van der Waals surface area contributed by atoms with E-state index in [1.807, 2.05) is 44.3 Å². The maximum atomic E-state index is 12.3. The topological polar surface area (TPSA) is 46.3 Å². The minimum Gasteiger partial charge on any atom is -0.330 e. The Labute approximate surface area is 114 Å². The highest BCUT2D eigenvalue weighted by Crippen LogP contribution is 2.27. The van der Waals surface area contributed by atoms with Crippen molar-refractivity contribution in [2.45, 2.75) is 13.3 Å². The molecule has 0 heterocycles. The van der Waals surface area contributed by atoms with Crippen molar-refractivity contribution in [2.24, 2.45) is 11.7 Å². The monoisotopic (exact) mass is 256 g/mol. The lowest BCUT2D eigenvalue weighted by Crippen LogP contribution is -2.32. The van der Waals surface area contributed by atoms with Crippen LogP contribution in [0.1, 0.15) is 13.3 Å². The van der Waals surface area contributed by atoms with Gasteiger partial charge in [0.05, 0.1) is 5.69 Å². The summed E-state index contributed by atoms with van der Waals surface area (Å²) in [6, 6.07) is 14.1. The maximum Gasteiger partial charge on any atom is 0.229 e. The third kappa shape index (κ3) is 2.76. The lowest BCUT2D eigenvalue weighted by atomic mass is 10.0. The smallest absolute Gasteiger partial charge is 0.229 e. The van der Waals surface area contributed by atoms with Crippen molar-refractivity contribution < 1.29 is 4.79 Å². The van der Waals surface area contributed by atoms with Crippen molar-refractivity contribution in [2.75, 3.05) is 18.5 Å². The summed E-state index contributed by atoms with van der Waals surface area (Å²) in [7, 11) is 1.83. The SMILES string of the molecule is CC(CCN)C(=O)N(C)c1cccc2ccccc12. The second-order valence-electron chi connectivity index (χ2n) is 4.87. The molecule has 0 aromatic heterocycles. The van der Waals surface area contributed by atoms with E-state index in [-0.39, 0.29) is 11.8 Å². The largest absolute Gasteiger partial charge is 0.330 e. The normalized spacial score (nSPS) is 12.4. The molecule has 2 aromatic carbocycles. The second-order valence-corrected chi connectivity index (χ2v) is 4.87. The van der Waals surface area contributed by atoms with Gasteiger partial charge < -0.3 is 10.6 Å². The minimum atomic E-state index is -0.0473. The molecule has 0 aliphatic carbocycles. The van der Waals surface area contributed by atoms with Crippen LogP contribution in [0.3, 0.4) is 0 Å². The summed E-state index contributed by atoms with van der Waals surface area (Å²) in [4.78, 5) is 14.1. The van der Waals surface area contributed by atoms with Crippen LogP contribution in [0.2, 0.25) is 0 Å². The summed E-state index contributed by atoms with van der Waals surface area (Å²) in [6.45, 7) is 2.47. The van der Waals surface area contributed by atoms with E-state index in [0.717, 1.165) is 16.5 Å². The van der Waals surface area contributed by atoms with E-state index in [0.29, 0.717) is 13.0 Å². The van der Waals surface area contributed by atoms with Crippen LogP contribution in [0.5, 0.6) is 0 Å². The molecule has 3 heteroatoms. The fraction of sp³-hybridized carbons (Fsp3) is 0.312. The molecule has 19 heavy (non-hydrogen) atoms. The molecule has 0 fully saturated rings. The Hall–Kier alpha value is -1.87. The van der Waals surface area contributed by atoms with E-state index >= 15 is 0 Å². The second kappa shape index (κ2) is 5.85. The number of fused-ring (bicyclic) bond motifs is 1. The average Bonchev–Trinajstić information content (AvgIpc) is 2.45.